The van der Waals surface area contributed by atoms with Crippen molar-refractivity contribution in [2.75, 3.05) is 0 Å². The molecule has 118 valence electrons. The monoisotopic (exact) mass is 313 g/mol. The van der Waals surface area contributed by atoms with Crippen LogP contribution in [0, 0.1) is 19.7 Å². The van der Waals surface area contributed by atoms with Gasteiger partial charge in [-0.15, -0.1) is 0 Å². The normalized spacial score (nSPS) is 10.7. The number of halogens is 1. The summed E-state index contributed by atoms with van der Waals surface area (Å²) in [5, 5.41) is 2.79. The number of nitrogens with one attached hydrogen (secondary N) is 1. The molecule has 0 saturated carbocycles. The molecule has 0 spiro atoms. The Morgan fingerprint density at radius 2 is 1.83 bits per heavy atom. The molecular weight excluding hydrogens is 297 g/mol. The maximum absolute atomic E-state index is 12.9. The highest BCUT2D eigenvalue weighted by Crippen LogP contribution is 2.22. The third kappa shape index (κ3) is 3.34. The number of hydrogen-bond acceptors (Lipinski definition) is 3. The van der Waals surface area contributed by atoms with Gasteiger partial charge in [0.2, 0.25) is 0 Å². The lowest BCUT2D eigenvalue weighted by Gasteiger charge is -2.02. The van der Waals surface area contributed by atoms with Gasteiger partial charge in [0.1, 0.15) is 23.1 Å². The summed E-state index contributed by atoms with van der Waals surface area (Å²) in [6, 6.07) is 11.1. The third-order valence-corrected chi connectivity index (χ3v) is 3.54. The second kappa shape index (κ2) is 6.12. The molecule has 0 fully saturated rings. The molecule has 1 aromatic carbocycles. The van der Waals surface area contributed by atoms with Crippen LogP contribution in [0.4, 0.5) is 4.39 Å². The highest BCUT2D eigenvalue weighted by molar-refractivity contribution is 5.92. The van der Waals surface area contributed by atoms with Crippen LogP contribution >= 0.6 is 0 Å². The number of carbonyl (C=O) groups excluding carboxylic acids is 1. The first-order valence-electron chi connectivity index (χ1n) is 7.23. The highest BCUT2D eigenvalue weighted by atomic mass is 19.1. The predicted octanol–water partition coefficient (Wildman–Crippen LogP) is 4.23. The van der Waals surface area contributed by atoms with E-state index in [1.807, 2.05) is 19.9 Å². The van der Waals surface area contributed by atoms with Crippen LogP contribution in [0.15, 0.2) is 51.3 Å². The van der Waals surface area contributed by atoms with Crippen LogP contribution < -0.4 is 5.32 Å². The summed E-state index contributed by atoms with van der Waals surface area (Å²) in [5.74, 6) is 1.70. The van der Waals surface area contributed by atoms with Crippen LogP contribution in [-0.4, -0.2) is 5.91 Å². The molecule has 0 aliphatic carbocycles. The van der Waals surface area contributed by atoms with E-state index in [-0.39, 0.29) is 17.5 Å². The molecule has 0 atom stereocenters. The van der Waals surface area contributed by atoms with Crippen molar-refractivity contribution in [1.82, 2.24) is 5.32 Å². The van der Waals surface area contributed by atoms with Gasteiger partial charge in [0.25, 0.3) is 5.91 Å². The topological polar surface area (TPSA) is 55.4 Å². The van der Waals surface area contributed by atoms with Crippen molar-refractivity contribution >= 4 is 5.91 Å². The summed E-state index contributed by atoms with van der Waals surface area (Å²) >= 11 is 0. The Bertz CT molecular complexity index is 830. The molecule has 3 rings (SSSR count). The molecule has 0 aliphatic heterocycles. The molecule has 2 aromatic heterocycles. The molecule has 0 saturated heterocycles. The van der Waals surface area contributed by atoms with Crippen molar-refractivity contribution in [2.45, 2.75) is 20.4 Å². The Labute approximate surface area is 132 Å². The Balaban J connectivity index is 1.69. The van der Waals surface area contributed by atoms with Crippen molar-refractivity contribution in [3.05, 3.63) is 71.1 Å². The molecule has 23 heavy (non-hydrogen) atoms. The van der Waals surface area contributed by atoms with Gasteiger partial charge in [-0.05, 0) is 56.3 Å². The van der Waals surface area contributed by atoms with Gasteiger partial charge in [0.05, 0.1) is 0 Å². The lowest BCUT2D eigenvalue weighted by molar-refractivity contribution is 0.0924. The van der Waals surface area contributed by atoms with E-state index in [4.69, 9.17) is 8.83 Å². The number of hydrogen-bond donors (Lipinski definition) is 1. The Morgan fingerprint density at radius 3 is 2.48 bits per heavy atom. The van der Waals surface area contributed by atoms with Crippen molar-refractivity contribution in [3.63, 3.8) is 0 Å². The minimum atomic E-state index is -0.316. The van der Waals surface area contributed by atoms with Gasteiger partial charge in [-0.3, -0.25) is 4.79 Å². The quantitative estimate of drug-likeness (QED) is 0.784. The average molecular weight is 313 g/mol. The number of aryl methyl sites for hydroxylation is 2. The van der Waals surface area contributed by atoms with Gasteiger partial charge < -0.3 is 14.2 Å². The zero-order valence-corrected chi connectivity index (χ0v) is 12.9. The maximum Gasteiger partial charge on any atom is 0.287 e. The van der Waals surface area contributed by atoms with E-state index >= 15 is 0 Å². The molecule has 0 aliphatic rings. The number of benzene rings is 1. The Hall–Kier alpha value is -2.82. The highest BCUT2D eigenvalue weighted by Gasteiger charge is 2.13. The van der Waals surface area contributed by atoms with E-state index in [1.54, 1.807) is 24.3 Å². The van der Waals surface area contributed by atoms with Gasteiger partial charge in [-0.25, -0.2) is 4.39 Å². The zero-order valence-electron chi connectivity index (χ0n) is 12.9. The third-order valence-electron chi connectivity index (χ3n) is 3.54. The van der Waals surface area contributed by atoms with Crippen LogP contribution in [0.5, 0.6) is 0 Å². The second-order valence-corrected chi connectivity index (χ2v) is 5.29. The lowest BCUT2D eigenvalue weighted by atomic mass is 10.2. The lowest BCUT2D eigenvalue weighted by Crippen LogP contribution is -2.22. The largest absolute Gasteiger partial charge is 0.466 e. The number of carbonyl (C=O) groups is 1. The van der Waals surface area contributed by atoms with Crippen LogP contribution in [0.25, 0.3) is 11.3 Å². The first-order chi connectivity index (χ1) is 11.0. The zero-order chi connectivity index (χ0) is 16.4. The molecule has 2 heterocycles. The minimum absolute atomic E-state index is 0.210. The predicted molar refractivity (Wildman–Crippen MR) is 83.5 cm³/mol. The molecule has 1 amide bonds. The Kier molecular flexibility index (Phi) is 4.02. The van der Waals surface area contributed by atoms with Gasteiger partial charge in [0.15, 0.2) is 5.76 Å². The number of amides is 1. The molecule has 3 aromatic rings. The first-order valence-corrected chi connectivity index (χ1v) is 7.23. The molecule has 0 radical (unpaired) electrons. The summed E-state index contributed by atoms with van der Waals surface area (Å²) in [4.78, 5) is 12.1. The van der Waals surface area contributed by atoms with E-state index in [0.717, 1.165) is 17.1 Å². The standard InChI is InChI=1S/C18H16FNO3/c1-11-9-14(12(2)22-11)10-20-18(21)17-8-7-16(23-17)13-3-5-15(19)6-4-13/h3-9H,10H2,1-2H3,(H,20,21). The Morgan fingerprint density at radius 1 is 1.09 bits per heavy atom. The van der Waals surface area contributed by atoms with Crippen LogP contribution in [0.2, 0.25) is 0 Å². The molecule has 4 nitrogen and oxygen atoms in total. The van der Waals surface area contributed by atoms with Crippen molar-refractivity contribution < 1.29 is 18.0 Å². The average Bonchev–Trinajstić information content (AvgIpc) is 3.12. The van der Waals surface area contributed by atoms with E-state index < -0.39 is 0 Å². The van der Waals surface area contributed by atoms with Crippen LogP contribution in [0.3, 0.4) is 0 Å². The summed E-state index contributed by atoms with van der Waals surface area (Å²) in [6.45, 7) is 4.09. The number of furan rings is 2. The van der Waals surface area contributed by atoms with Crippen molar-refractivity contribution in [2.24, 2.45) is 0 Å². The minimum Gasteiger partial charge on any atom is -0.466 e. The van der Waals surface area contributed by atoms with Gasteiger partial charge in [0, 0.05) is 17.7 Å². The van der Waals surface area contributed by atoms with E-state index in [2.05, 4.69) is 5.32 Å². The summed E-state index contributed by atoms with van der Waals surface area (Å²) in [7, 11) is 0. The molecular formula is C18H16FNO3. The van der Waals surface area contributed by atoms with Gasteiger partial charge in [-0.2, -0.15) is 0 Å². The fourth-order valence-corrected chi connectivity index (χ4v) is 2.35. The smallest absolute Gasteiger partial charge is 0.287 e. The molecule has 0 unspecified atom stereocenters. The van der Waals surface area contributed by atoms with Gasteiger partial charge in [-0.1, -0.05) is 0 Å². The second-order valence-electron chi connectivity index (χ2n) is 5.29. The van der Waals surface area contributed by atoms with Crippen molar-refractivity contribution in [1.29, 1.82) is 0 Å². The van der Waals surface area contributed by atoms with Gasteiger partial charge >= 0.3 is 0 Å². The van der Waals surface area contributed by atoms with Crippen LogP contribution in [0.1, 0.15) is 27.6 Å². The maximum atomic E-state index is 12.9. The summed E-state index contributed by atoms with van der Waals surface area (Å²) in [6.07, 6.45) is 0. The van der Waals surface area contributed by atoms with E-state index in [9.17, 15) is 9.18 Å². The first kappa shape index (κ1) is 15.1. The van der Waals surface area contributed by atoms with Crippen molar-refractivity contribution in [3.8, 4) is 11.3 Å². The fourth-order valence-electron chi connectivity index (χ4n) is 2.35. The van der Waals surface area contributed by atoms with E-state index in [1.165, 1.54) is 12.1 Å². The van der Waals surface area contributed by atoms with Crippen LogP contribution in [-0.2, 0) is 6.54 Å². The fraction of sp³-hybridized carbons (Fsp3) is 0.167. The number of rotatable bonds is 4. The molecule has 1 N–H and O–H groups in total. The summed E-state index contributed by atoms with van der Waals surface area (Å²) in [5.41, 5.74) is 1.65. The molecule has 5 heteroatoms. The van der Waals surface area contributed by atoms with E-state index in [0.29, 0.717) is 17.9 Å². The molecule has 0 bridgehead atoms. The summed E-state index contributed by atoms with van der Waals surface area (Å²) < 4.78 is 23.9. The SMILES string of the molecule is Cc1cc(CNC(=O)c2ccc(-c3ccc(F)cc3)o2)c(C)o1.